The quantitative estimate of drug-likeness (QED) is 0.750. The molecular weight excluding hydrogens is 197 g/mol. The van der Waals surface area contributed by atoms with Crippen molar-refractivity contribution in [3.8, 4) is 0 Å². The van der Waals surface area contributed by atoms with Gasteiger partial charge in [-0.25, -0.2) is 4.98 Å². The average molecular weight is 204 g/mol. The molecular formula is C8H7Cl2NO. The zero-order chi connectivity index (χ0) is 8.97. The average Bonchev–Trinajstić information content (AvgIpc) is 2.07. The van der Waals surface area contributed by atoms with E-state index in [1.165, 1.54) is 6.20 Å². The zero-order valence-corrected chi connectivity index (χ0v) is 7.68. The summed E-state index contributed by atoms with van der Waals surface area (Å²) in [6, 6.07) is 1.68. The lowest BCUT2D eigenvalue weighted by Gasteiger charge is -1.96. The highest BCUT2D eigenvalue weighted by Gasteiger charge is 1.97. The van der Waals surface area contributed by atoms with Crippen molar-refractivity contribution in [1.29, 1.82) is 0 Å². The normalized spacial score (nSPS) is 10.9. The molecule has 0 amide bonds. The molecule has 0 aliphatic heterocycles. The summed E-state index contributed by atoms with van der Waals surface area (Å²) < 4.78 is 0. The Balaban J connectivity index is 2.97. The van der Waals surface area contributed by atoms with E-state index < -0.39 is 0 Å². The molecule has 0 radical (unpaired) electrons. The third kappa shape index (κ3) is 2.48. The SMILES string of the molecule is OCC=Cc1cc(Cl)cnc1Cl. The van der Waals surface area contributed by atoms with Crippen molar-refractivity contribution in [1.82, 2.24) is 4.98 Å². The van der Waals surface area contributed by atoms with Gasteiger partial charge < -0.3 is 5.11 Å². The number of halogens is 2. The van der Waals surface area contributed by atoms with Crippen LogP contribution in [0.5, 0.6) is 0 Å². The fourth-order valence-electron chi connectivity index (χ4n) is 0.735. The summed E-state index contributed by atoms with van der Waals surface area (Å²) in [5.74, 6) is 0. The third-order valence-electron chi connectivity index (χ3n) is 1.24. The van der Waals surface area contributed by atoms with E-state index in [1.807, 2.05) is 0 Å². The van der Waals surface area contributed by atoms with Gasteiger partial charge in [0.2, 0.25) is 0 Å². The summed E-state index contributed by atoms with van der Waals surface area (Å²) in [7, 11) is 0. The molecule has 0 aliphatic carbocycles. The van der Waals surface area contributed by atoms with E-state index in [0.717, 1.165) is 0 Å². The molecule has 1 rings (SSSR count). The third-order valence-corrected chi connectivity index (χ3v) is 1.76. The Bertz CT molecular complexity index is 299. The molecule has 1 N–H and O–H groups in total. The molecule has 64 valence electrons. The van der Waals surface area contributed by atoms with Crippen molar-refractivity contribution in [2.75, 3.05) is 6.61 Å². The van der Waals surface area contributed by atoms with Crippen LogP contribution in [-0.4, -0.2) is 16.7 Å². The van der Waals surface area contributed by atoms with Crippen molar-refractivity contribution in [2.24, 2.45) is 0 Å². The van der Waals surface area contributed by atoms with Gasteiger partial charge in [0.1, 0.15) is 5.15 Å². The summed E-state index contributed by atoms with van der Waals surface area (Å²) >= 11 is 11.4. The first-order chi connectivity index (χ1) is 5.74. The molecule has 0 fully saturated rings. The first-order valence-electron chi connectivity index (χ1n) is 3.32. The second-order valence-corrected chi connectivity index (χ2v) is 2.91. The van der Waals surface area contributed by atoms with Gasteiger partial charge in [0, 0.05) is 11.8 Å². The van der Waals surface area contributed by atoms with E-state index in [4.69, 9.17) is 28.3 Å². The van der Waals surface area contributed by atoms with Crippen LogP contribution in [0.1, 0.15) is 5.56 Å². The summed E-state index contributed by atoms with van der Waals surface area (Å²) in [5, 5.41) is 9.41. The molecule has 0 saturated carbocycles. The first kappa shape index (κ1) is 9.52. The molecule has 4 heteroatoms. The van der Waals surface area contributed by atoms with Crippen LogP contribution in [-0.2, 0) is 0 Å². The Labute approximate surface area is 80.5 Å². The highest BCUT2D eigenvalue weighted by molar-refractivity contribution is 6.33. The molecule has 0 atom stereocenters. The predicted molar refractivity (Wildman–Crippen MR) is 50.4 cm³/mol. The monoisotopic (exact) mass is 203 g/mol. The van der Waals surface area contributed by atoms with Gasteiger partial charge in [-0.05, 0) is 6.07 Å². The summed E-state index contributed by atoms with van der Waals surface area (Å²) in [5.41, 5.74) is 0.707. The van der Waals surface area contributed by atoms with Gasteiger partial charge in [-0.2, -0.15) is 0 Å². The molecule has 0 aromatic carbocycles. The van der Waals surface area contributed by atoms with Crippen LogP contribution in [0.3, 0.4) is 0 Å². The molecule has 0 saturated heterocycles. The summed E-state index contributed by atoms with van der Waals surface area (Å²) in [6.07, 6.45) is 4.71. The Morgan fingerprint density at radius 1 is 1.50 bits per heavy atom. The van der Waals surface area contributed by atoms with Crippen LogP contribution in [0.15, 0.2) is 18.3 Å². The van der Waals surface area contributed by atoms with E-state index in [2.05, 4.69) is 4.98 Å². The largest absolute Gasteiger partial charge is 0.392 e. The fourth-order valence-corrected chi connectivity index (χ4v) is 1.07. The van der Waals surface area contributed by atoms with Gasteiger partial charge in [-0.1, -0.05) is 35.4 Å². The minimum Gasteiger partial charge on any atom is -0.392 e. The Morgan fingerprint density at radius 2 is 2.25 bits per heavy atom. The van der Waals surface area contributed by atoms with Crippen molar-refractivity contribution in [3.63, 3.8) is 0 Å². The van der Waals surface area contributed by atoms with Crippen molar-refractivity contribution >= 4 is 29.3 Å². The van der Waals surface area contributed by atoms with Gasteiger partial charge in [-0.3, -0.25) is 0 Å². The molecule has 0 bridgehead atoms. The minimum atomic E-state index is -0.0250. The molecule has 2 nitrogen and oxygen atoms in total. The highest BCUT2D eigenvalue weighted by atomic mass is 35.5. The molecule has 1 aromatic heterocycles. The topological polar surface area (TPSA) is 33.1 Å². The predicted octanol–water partition coefficient (Wildman–Crippen LogP) is 2.39. The van der Waals surface area contributed by atoms with Crippen molar-refractivity contribution < 1.29 is 5.11 Å². The maximum Gasteiger partial charge on any atom is 0.136 e. The number of aliphatic hydroxyl groups is 1. The zero-order valence-electron chi connectivity index (χ0n) is 6.17. The lowest BCUT2D eigenvalue weighted by molar-refractivity contribution is 0.343. The molecule has 12 heavy (non-hydrogen) atoms. The molecule has 0 aliphatic rings. The van der Waals surface area contributed by atoms with Gasteiger partial charge >= 0.3 is 0 Å². The van der Waals surface area contributed by atoms with Crippen molar-refractivity contribution in [2.45, 2.75) is 0 Å². The Morgan fingerprint density at radius 3 is 2.92 bits per heavy atom. The number of aromatic nitrogens is 1. The van der Waals surface area contributed by atoms with Crippen molar-refractivity contribution in [3.05, 3.63) is 34.1 Å². The van der Waals surface area contributed by atoms with Crippen LogP contribution < -0.4 is 0 Å². The fraction of sp³-hybridized carbons (Fsp3) is 0.125. The maximum absolute atomic E-state index is 8.50. The standard InChI is InChI=1S/C8H7Cl2NO/c9-7-4-6(2-1-3-12)8(10)11-5-7/h1-2,4-5,12H,3H2. The molecule has 1 heterocycles. The van der Waals surface area contributed by atoms with Crippen LogP contribution in [0.2, 0.25) is 10.2 Å². The van der Waals surface area contributed by atoms with E-state index in [-0.39, 0.29) is 6.61 Å². The van der Waals surface area contributed by atoms with E-state index in [9.17, 15) is 0 Å². The maximum atomic E-state index is 8.50. The van der Waals surface area contributed by atoms with Crippen LogP contribution >= 0.6 is 23.2 Å². The van der Waals surface area contributed by atoms with Gasteiger partial charge in [0.25, 0.3) is 0 Å². The van der Waals surface area contributed by atoms with E-state index in [1.54, 1.807) is 18.2 Å². The smallest absolute Gasteiger partial charge is 0.136 e. The first-order valence-corrected chi connectivity index (χ1v) is 4.08. The van der Waals surface area contributed by atoms with E-state index in [0.29, 0.717) is 15.7 Å². The van der Waals surface area contributed by atoms with Gasteiger partial charge in [-0.15, -0.1) is 0 Å². The number of nitrogens with zero attached hydrogens (tertiary/aromatic N) is 1. The minimum absolute atomic E-state index is 0.0250. The molecule has 1 aromatic rings. The lowest BCUT2D eigenvalue weighted by atomic mass is 10.2. The number of hydrogen-bond acceptors (Lipinski definition) is 2. The Kier molecular flexibility index (Phi) is 3.53. The van der Waals surface area contributed by atoms with Crippen LogP contribution in [0, 0.1) is 0 Å². The van der Waals surface area contributed by atoms with Gasteiger partial charge in [0.15, 0.2) is 0 Å². The number of hydrogen-bond donors (Lipinski definition) is 1. The second-order valence-electron chi connectivity index (χ2n) is 2.12. The summed E-state index contributed by atoms with van der Waals surface area (Å²) in [6.45, 7) is -0.0250. The van der Waals surface area contributed by atoms with E-state index >= 15 is 0 Å². The Hall–Kier alpha value is -0.570. The summed E-state index contributed by atoms with van der Waals surface area (Å²) in [4.78, 5) is 3.83. The molecule has 0 unspecified atom stereocenters. The number of rotatable bonds is 2. The number of pyridine rings is 1. The highest BCUT2D eigenvalue weighted by Crippen LogP contribution is 2.18. The lowest BCUT2D eigenvalue weighted by Crippen LogP contribution is -1.81. The van der Waals surface area contributed by atoms with Crippen LogP contribution in [0.25, 0.3) is 6.08 Å². The van der Waals surface area contributed by atoms with Crippen LogP contribution in [0.4, 0.5) is 0 Å². The number of aliphatic hydroxyl groups excluding tert-OH is 1. The molecule has 0 spiro atoms. The second kappa shape index (κ2) is 4.45. The van der Waals surface area contributed by atoms with Gasteiger partial charge in [0.05, 0.1) is 11.6 Å².